The number of pyridine rings is 1. The number of nitrogens with zero attached hydrogens (tertiary/aromatic N) is 3. The molecule has 0 aliphatic heterocycles. The number of benzene rings is 1. The van der Waals surface area contributed by atoms with Gasteiger partial charge in [0.1, 0.15) is 0 Å². The maximum atomic E-state index is 12.6. The molecule has 1 aromatic carbocycles. The number of amides is 1. The summed E-state index contributed by atoms with van der Waals surface area (Å²) in [6.07, 6.45) is 2.46. The van der Waals surface area contributed by atoms with Crippen LogP contribution in [0.2, 0.25) is 0 Å². The monoisotopic (exact) mass is 395 g/mol. The van der Waals surface area contributed by atoms with Crippen molar-refractivity contribution in [1.29, 1.82) is 0 Å². The van der Waals surface area contributed by atoms with Gasteiger partial charge in [-0.3, -0.25) is 4.79 Å². The Balaban J connectivity index is 0.00000169. The van der Waals surface area contributed by atoms with Crippen molar-refractivity contribution >= 4 is 41.8 Å². The minimum atomic E-state index is -0.122. The number of fused-ring (bicyclic) bond motifs is 1. The molecule has 0 spiro atoms. The summed E-state index contributed by atoms with van der Waals surface area (Å²) in [4.78, 5) is 17.3. The van der Waals surface area contributed by atoms with Crippen LogP contribution in [0.25, 0.3) is 22.3 Å². The molecule has 0 saturated heterocycles. The average molecular weight is 396 g/mol. The number of hydrogen-bond acceptors (Lipinski definition) is 4. The van der Waals surface area contributed by atoms with Crippen molar-refractivity contribution in [2.75, 3.05) is 13.1 Å². The number of aromatic nitrogens is 3. The zero-order valence-corrected chi connectivity index (χ0v) is 16.1. The van der Waals surface area contributed by atoms with Crippen molar-refractivity contribution in [3.8, 4) is 11.3 Å². The fourth-order valence-electron chi connectivity index (χ4n) is 2.62. The van der Waals surface area contributed by atoms with Gasteiger partial charge < -0.3 is 11.1 Å². The first kappa shape index (κ1) is 21.9. The molecule has 0 fully saturated rings. The van der Waals surface area contributed by atoms with Gasteiger partial charge in [-0.15, -0.1) is 24.8 Å². The van der Waals surface area contributed by atoms with Crippen LogP contribution >= 0.6 is 24.8 Å². The molecule has 2 heterocycles. The second kappa shape index (κ2) is 10.1. The van der Waals surface area contributed by atoms with Crippen molar-refractivity contribution in [3.05, 3.63) is 48.2 Å². The molecule has 1 amide bonds. The first-order valence-electron chi connectivity index (χ1n) is 8.14. The standard InChI is InChI=1S/C18H21N5O.2ClH/c1-2-23-17-15(12-21-23)14(18(24)20-10-6-9-19)11-16(22-17)13-7-4-3-5-8-13;;/h3-5,7-8,11-12H,2,6,9-10,19H2,1H3,(H,20,24);2*1H. The summed E-state index contributed by atoms with van der Waals surface area (Å²) < 4.78 is 1.80. The topological polar surface area (TPSA) is 85.8 Å². The minimum absolute atomic E-state index is 0. The Labute approximate surface area is 165 Å². The largest absolute Gasteiger partial charge is 0.352 e. The van der Waals surface area contributed by atoms with Crippen LogP contribution in [0.5, 0.6) is 0 Å². The number of carbonyl (C=O) groups is 1. The quantitative estimate of drug-likeness (QED) is 0.627. The third-order valence-electron chi connectivity index (χ3n) is 3.89. The molecule has 0 unspecified atom stereocenters. The van der Waals surface area contributed by atoms with Crippen LogP contribution in [0.3, 0.4) is 0 Å². The molecule has 2 aromatic heterocycles. The molecule has 3 N–H and O–H groups in total. The number of rotatable bonds is 6. The van der Waals surface area contributed by atoms with E-state index in [1.807, 2.05) is 43.3 Å². The Hall–Kier alpha value is -2.15. The third-order valence-corrected chi connectivity index (χ3v) is 3.89. The van der Waals surface area contributed by atoms with Gasteiger partial charge in [-0.2, -0.15) is 5.10 Å². The van der Waals surface area contributed by atoms with E-state index in [4.69, 9.17) is 10.7 Å². The SMILES string of the molecule is CCn1ncc2c(C(=O)NCCCN)cc(-c3ccccc3)nc21.Cl.Cl. The van der Waals surface area contributed by atoms with E-state index in [1.165, 1.54) is 0 Å². The lowest BCUT2D eigenvalue weighted by atomic mass is 10.1. The van der Waals surface area contributed by atoms with Gasteiger partial charge in [-0.25, -0.2) is 9.67 Å². The molecule has 0 saturated carbocycles. The molecule has 140 valence electrons. The van der Waals surface area contributed by atoms with Gasteiger partial charge in [0.05, 0.1) is 22.8 Å². The second-order valence-corrected chi connectivity index (χ2v) is 5.52. The highest BCUT2D eigenvalue weighted by molar-refractivity contribution is 6.06. The van der Waals surface area contributed by atoms with Gasteiger partial charge in [0.25, 0.3) is 5.91 Å². The molecule has 0 bridgehead atoms. The molecule has 0 aliphatic rings. The number of carbonyl (C=O) groups excluding carboxylic acids is 1. The second-order valence-electron chi connectivity index (χ2n) is 5.52. The van der Waals surface area contributed by atoms with Crippen molar-refractivity contribution in [2.45, 2.75) is 19.9 Å². The first-order chi connectivity index (χ1) is 11.7. The zero-order valence-electron chi connectivity index (χ0n) is 14.5. The van der Waals surface area contributed by atoms with E-state index < -0.39 is 0 Å². The molecular weight excluding hydrogens is 373 g/mol. The highest BCUT2D eigenvalue weighted by atomic mass is 35.5. The lowest BCUT2D eigenvalue weighted by molar-refractivity contribution is 0.0955. The smallest absolute Gasteiger partial charge is 0.252 e. The first-order valence-corrected chi connectivity index (χ1v) is 8.14. The summed E-state index contributed by atoms with van der Waals surface area (Å²) in [6.45, 7) is 3.81. The summed E-state index contributed by atoms with van der Waals surface area (Å²) in [7, 11) is 0. The van der Waals surface area contributed by atoms with Crippen LogP contribution in [-0.4, -0.2) is 33.8 Å². The molecule has 8 heteroatoms. The van der Waals surface area contributed by atoms with E-state index in [2.05, 4.69) is 10.4 Å². The molecule has 3 rings (SSSR count). The van der Waals surface area contributed by atoms with E-state index in [-0.39, 0.29) is 30.7 Å². The predicted molar refractivity (Wildman–Crippen MR) is 109 cm³/mol. The van der Waals surface area contributed by atoms with Crippen molar-refractivity contribution < 1.29 is 4.79 Å². The molecule has 0 aliphatic carbocycles. The van der Waals surface area contributed by atoms with Gasteiger partial charge in [0, 0.05) is 18.7 Å². The van der Waals surface area contributed by atoms with E-state index in [0.29, 0.717) is 25.2 Å². The number of nitrogens with two attached hydrogens (primary N) is 1. The highest BCUT2D eigenvalue weighted by Gasteiger charge is 2.16. The van der Waals surface area contributed by atoms with Gasteiger partial charge in [-0.1, -0.05) is 30.3 Å². The van der Waals surface area contributed by atoms with Crippen LogP contribution in [0.1, 0.15) is 23.7 Å². The number of hydrogen-bond donors (Lipinski definition) is 2. The predicted octanol–water partition coefficient (Wildman–Crippen LogP) is 3.04. The Morgan fingerprint density at radius 3 is 2.62 bits per heavy atom. The normalized spacial score (nSPS) is 10.1. The fourth-order valence-corrected chi connectivity index (χ4v) is 2.62. The number of halogens is 2. The Morgan fingerprint density at radius 1 is 1.23 bits per heavy atom. The van der Waals surface area contributed by atoms with Crippen LogP contribution < -0.4 is 11.1 Å². The zero-order chi connectivity index (χ0) is 16.9. The fraction of sp³-hybridized carbons (Fsp3) is 0.278. The lowest BCUT2D eigenvalue weighted by Gasteiger charge is -2.09. The molecule has 6 nitrogen and oxygen atoms in total. The Kier molecular flexibility index (Phi) is 8.51. The van der Waals surface area contributed by atoms with Crippen molar-refractivity contribution in [3.63, 3.8) is 0 Å². The third kappa shape index (κ3) is 4.52. The summed E-state index contributed by atoms with van der Waals surface area (Å²) in [6, 6.07) is 11.7. The molecule has 3 aromatic rings. The van der Waals surface area contributed by atoms with Crippen molar-refractivity contribution in [1.82, 2.24) is 20.1 Å². The van der Waals surface area contributed by atoms with Gasteiger partial charge in [0.2, 0.25) is 0 Å². The van der Waals surface area contributed by atoms with Gasteiger partial charge >= 0.3 is 0 Å². The number of nitrogens with one attached hydrogen (secondary N) is 1. The summed E-state index contributed by atoms with van der Waals surface area (Å²) in [5, 5.41) is 8.02. The average Bonchev–Trinajstić information content (AvgIpc) is 3.04. The van der Waals surface area contributed by atoms with Crippen molar-refractivity contribution in [2.24, 2.45) is 5.73 Å². The van der Waals surface area contributed by atoms with Crippen LogP contribution in [0, 0.1) is 0 Å². The molecule has 0 radical (unpaired) electrons. The van der Waals surface area contributed by atoms with E-state index >= 15 is 0 Å². The maximum absolute atomic E-state index is 12.6. The van der Waals surface area contributed by atoms with Crippen LogP contribution in [-0.2, 0) is 6.54 Å². The summed E-state index contributed by atoms with van der Waals surface area (Å²) in [5.74, 6) is -0.122. The Morgan fingerprint density at radius 2 is 1.96 bits per heavy atom. The highest BCUT2D eigenvalue weighted by Crippen LogP contribution is 2.24. The summed E-state index contributed by atoms with van der Waals surface area (Å²) >= 11 is 0. The van der Waals surface area contributed by atoms with Gasteiger partial charge in [0.15, 0.2) is 5.65 Å². The van der Waals surface area contributed by atoms with Crippen LogP contribution in [0.15, 0.2) is 42.6 Å². The van der Waals surface area contributed by atoms with E-state index in [1.54, 1.807) is 10.9 Å². The van der Waals surface area contributed by atoms with E-state index in [0.717, 1.165) is 28.7 Å². The molecular formula is C18H23Cl2N5O. The molecule has 0 atom stereocenters. The summed E-state index contributed by atoms with van der Waals surface area (Å²) in [5.41, 5.74) is 8.55. The Bertz CT molecular complexity index is 851. The molecule has 26 heavy (non-hydrogen) atoms. The lowest BCUT2D eigenvalue weighted by Crippen LogP contribution is -2.26. The minimum Gasteiger partial charge on any atom is -0.352 e. The van der Waals surface area contributed by atoms with E-state index in [9.17, 15) is 4.79 Å². The van der Waals surface area contributed by atoms with Crippen LogP contribution in [0.4, 0.5) is 0 Å². The maximum Gasteiger partial charge on any atom is 0.252 e. The number of aryl methyl sites for hydroxylation is 1. The van der Waals surface area contributed by atoms with Gasteiger partial charge in [-0.05, 0) is 26.0 Å².